The van der Waals surface area contributed by atoms with Crippen molar-refractivity contribution in [2.45, 2.75) is 84.7 Å². The number of anilines is 6. The lowest BCUT2D eigenvalue weighted by Crippen LogP contribution is -2.27. The second kappa shape index (κ2) is 19.2. The van der Waals surface area contributed by atoms with E-state index in [2.05, 4.69) is 173 Å². The number of nitrogens with zero attached hydrogens (tertiary/aromatic N) is 2. The van der Waals surface area contributed by atoms with Crippen molar-refractivity contribution in [2.24, 2.45) is 0 Å². The van der Waals surface area contributed by atoms with E-state index in [1.165, 1.54) is 18.4 Å². The Morgan fingerprint density at radius 1 is 0.443 bits per heavy atom. The molecule has 0 amide bonds. The summed E-state index contributed by atoms with van der Waals surface area (Å²) in [7, 11) is 0. The first-order valence-corrected chi connectivity index (χ1v) is 21.7. The highest BCUT2D eigenvalue weighted by Gasteiger charge is 2.22. The lowest BCUT2D eigenvalue weighted by Gasteiger charge is -2.29. The fourth-order valence-electron chi connectivity index (χ4n) is 7.91. The Balaban J connectivity index is 1.08. The molecular weight excluding hydrogens is 749 g/mol. The van der Waals surface area contributed by atoms with E-state index < -0.39 is 0 Å². The maximum absolute atomic E-state index is 13.4. The Labute approximate surface area is 363 Å². The monoisotopic (exact) mass is 806 g/mol. The number of unbranched alkanes of at least 4 members (excludes halogenated alkanes) is 1. The summed E-state index contributed by atoms with van der Waals surface area (Å²) in [5.41, 5.74) is 8.65. The van der Waals surface area contributed by atoms with Gasteiger partial charge in [-0.2, -0.15) is 0 Å². The Morgan fingerprint density at radius 2 is 0.820 bits per heavy atom. The molecule has 0 fully saturated rings. The molecule has 0 bridgehead atoms. The molecule has 0 saturated heterocycles. The molecule has 5 heteroatoms. The Hall–Kier alpha value is -6.59. The third-order valence-electron chi connectivity index (χ3n) is 11.3. The molecule has 0 atom stereocenters. The van der Waals surface area contributed by atoms with Crippen LogP contribution in [-0.4, -0.2) is 11.4 Å². The molecule has 0 radical (unpaired) electrons. The molecule has 0 aliphatic heterocycles. The van der Waals surface area contributed by atoms with Crippen LogP contribution in [0.15, 0.2) is 182 Å². The quantitative estimate of drug-likeness (QED) is 0.0808. The van der Waals surface area contributed by atoms with Gasteiger partial charge in [0.05, 0.1) is 0 Å². The lowest BCUT2D eigenvalue weighted by atomic mass is 9.80. The third-order valence-corrected chi connectivity index (χ3v) is 11.3. The van der Waals surface area contributed by atoms with Gasteiger partial charge in [-0.1, -0.05) is 108 Å². The zero-order valence-corrected chi connectivity index (χ0v) is 36.5. The zero-order chi connectivity index (χ0) is 42.8. The van der Waals surface area contributed by atoms with Crippen LogP contribution in [0, 0.1) is 0 Å². The van der Waals surface area contributed by atoms with Gasteiger partial charge in [0.1, 0.15) is 22.8 Å². The van der Waals surface area contributed by atoms with Crippen molar-refractivity contribution >= 4 is 39.9 Å². The van der Waals surface area contributed by atoms with E-state index in [4.69, 9.17) is 9.47 Å². The normalized spacial score (nSPS) is 11.5. The molecule has 61 heavy (non-hydrogen) atoms. The van der Waals surface area contributed by atoms with Crippen molar-refractivity contribution in [2.75, 3.05) is 9.80 Å². The summed E-state index contributed by atoms with van der Waals surface area (Å²) in [6.45, 7) is 13.2. The summed E-state index contributed by atoms with van der Waals surface area (Å²) in [5.74, 6) is 2.24. The van der Waals surface area contributed by atoms with Crippen LogP contribution in [0.2, 0.25) is 0 Å². The van der Waals surface area contributed by atoms with E-state index in [9.17, 15) is 4.79 Å². The third kappa shape index (κ3) is 10.6. The van der Waals surface area contributed by atoms with Crippen molar-refractivity contribution in [1.29, 1.82) is 0 Å². The fraction of sp³-hybridized carbons (Fsp3) is 0.232. The minimum absolute atomic E-state index is 0.00162. The number of ketones is 1. The molecule has 5 nitrogen and oxygen atoms in total. The topological polar surface area (TPSA) is 42.0 Å². The number of benzene rings is 7. The average Bonchev–Trinajstić information content (AvgIpc) is 3.28. The predicted octanol–water partition coefficient (Wildman–Crippen LogP) is 16.1. The molecule has 0 heterocycles. The first-order valence-electron chi connectivity index (χ1n) is 21.7. The smallest absolute Gasteiger partial charge is 0.193 e. The van der Waals surface area contributed by atoms with Gasteiger partial charge in [-0.3, -0.25) is 4.79 Å². The van der Waals surface area contributed by atoms with Crippen LogP contribution in [0.5, 0.6) is 17.2 Å². The predicted molar refractivity (Wildman–Crippen MR) is 254 cm³/mol. The highest BCUT2D eigenvalue weighted by Crippen LogP contribution is 2.40. The van der Waals surface area contributed by atoms with Gasteiger partial charge < -0.3 is 19.3 Å². The molecule has 7 rings (SSSR count). The second-order valence-electron chi connectivity index (χ2n) is 17.0. The van der Waals surface area contributed by atoms with E-state index in [0.29, 0.717) is 22.6 Å². The first kappa shape index (κ1) is 42.5. The van der Waals surface area contributed by atoms with Crippen LogP contribution in [0.4, 0.5) is 34.1 Å². The van der Waals surface area contributed by atoms with Gasteiger partial charge >= 0.3 is 0 Å². The molecule has 310 valence electrons. The second-order valence-corrected chi connectivity index (χ2v) is 17.0. The molecule has 0 saturated carbocycles. The number of hydrogen-bond donors (Lipinski definition) is 0. The van der Waals surface area contributed by atoms with Gasteiger partial charge in [-0.15, -0.1) is 0 Å². The van der Waals surface area contributed by atoms with Gasteiger partial charge in [0.15, 0.2) is 5.78 Å². The zero-order valence-electron chi connectivity index (χ0n) is 36.5. The van der Waals surface area contributed by atoms with E-state index in [1.54, 1.807) is 0 Å². The van der Waals surface area contributed by atoms with Gasteiger partial charge in [-0.25, -0.2) is 0 Å². The van der Waals surface area contributed by atoms with E-state index in [-0.39, 0.29) is 16.8 Å². The van der Waals surface area contributed by atoms with E-state index in [1.807, 2.05) is 60.7 Å². The van der Waals surface area contributed by atoms with E-state index in [0.717, 1.165) is 59.1 Å². The van der Waals surface area contributed by atoms with Gasteiger partial charge in [-0.05, 0) is 159 Å². The van der Waals surface area contributed by atoms with Gasteiger partial charge in [0.25, 0.3) is 0 Å². The highest BCUT2D eigenvalue weighted by molar-refractivity contribution is 6.09. The van der Waals surface area contributed by atoms with Crippen molar-refractivity contribution in [3.8, 4) is 17.2 Å². The minimum atomic E-state index is -0.224. The van der Waals surface area contributed by atoms with Crippen molar-refractivity contribution in [3.05, 3.63) is 199 Å². The number of rotatable bonds is 18. The van der Waals surface area contributed by atoms with Crippen LogP contribution >= 0.6 is 0 Å². The molecule has 0 N–H and O–H groups in total. The number of carbonyl (C=O) groups excluding carboxylic acids is 1. The average molecular weight is 807 g/mol. The SMILES string of the molecule is CCCCC(C)(C)c1ccc(C(=O)c2ccc(Oc3ccc(N(c4ccccc4)c4ccc(N(c5ccccc5)c5ccc(OC(C)(C)CCC)cc5)cc4)cc3)cc2)cc1. The Bertz CT molecular complexity index is 2440. The number of ether oxygens (including phenoxy) is 2. The minimum Gasteiger partial charge on any atom is -0.488 e. The lowest BCUT2D eigenvalue weighted by molar-refractivity contribution is 0.0985. The molecule has 0 aliphatic rings. The first-order chi connectivity index (χ1) is 29.5. The fourth-order valence-corrected chi connectivity index (χ4v) is 7.91. The van der Waals surface area contributed by atoms with Crippen molar-refractivity contribution < 1.29 is 14.3 Å². The molecular formula is C56H58N2O3. The summed E-state index contributed by atoms with van der Waals surface area (Å²) in [5, 5.41) is 0. The maximum atomic E-state index is 13.4. The number of hydrogen-bond acceptors (Lipinski definition) is 5. The summed E-state index contributed by atoms with van der Waals surface area (Å²) >= 11 is 0. The van der Waals surface area contributed by atoms with Crippen LogP contribution in [0.3, 0.4) is 0 Å². The molecule has 0 unspecified atom stereocenters. The molecule has 7 aromatic rings. The summed E-state index contributed by atoms with van der Waals surface area (Å²) in [6.07, 6.45) is 5.55. The summed E-state index contributed by atoms with van der Waals surface area (Å²) < 4.78 is 12.6. The number of para-hydroxylation sites is 2. The molecule has 0 spiro atoms. The van der Waals surface area contributed by atoms with E-state index >= 15 is 0 Å². The Kier molecular flexibility index (Phi) is 13.4. The van der Waals surface area contributed by atoms with Crippen LogP contribution < -0.4 is 19.3 Å². The molecule has 0 aliphatic carbocycles. The van der Waals surface area contributed by atoms with Gasteiger partial charge in [0, 0.05) is 45.3 Å². The highest BCUT2D eigenvalue weighted by atomic mass is 16.5. The standard InChI is InChI=1S/C56H58N2O3/c1-7-9-41-55(3,4)44-24-20-42(21-25-44)54(59)43-22-34-51(35-23-43)60-52-36-30-49(31-37-52)57(45-16-12-10-13-17-45)47-26-28-48(29-27-47)58(46-18-14-11-15-19-46)50-32-38-53(39-33-50)61-56(5,6)40-8-2/h10-39H,7-9,40-41H2,1-6H3. The van der Waals surface area contributed by atoms with Crippen LogP contribution in [0.25, 0.3) is 0 Å². The Morgan fingerprint density at radius 3 is 1.25 bits per heavy atom. The van der Waals surface area contributed by atoms with Crippen LogP contribution in [-0.2, 0) is 5.41 Å². The molecule has 7 aromatic carbocycles. The van der Waals surface area contributed by atoms with Crippen molar-refractivity contribution in [3.63, 3.8) is 0 Å². The largest absolute Gasteiger partial charge is 0.488 e. The summed E-state index contributed by atoms with van der Waals surface area (Å²) in [6, 6.07) is 61.5. The maximum Gasteiger partial charge on any atom is 0.193 e. The van der Waals surface area contributed by atoms with Crippen molar-refractivity contribution in [1.82, 2.24) is 0 Å². The molecule has 0 aromatic heterocycles. The summed E-state index contributed by atoms with van der Waals surface area (Å²) in [4.78, 5) is 17.9. The van der Waals surface area contributed by atoms with Gasteiger partial charge in [0.2, 0.25) is 0 Å². The van der Waals surface area contributed by atoms with Crippen LogP contribution in [0.1, 0.15) is 95.1 Å². The number of carbonyl (C=O) groups is 1.